The molecule has 2 aromatic carbocycles. The monoisotopic (exact) mass is 528 g/mol. The van der Waals surface area contributed by atoms with Gasteiger partial charge in [-0.1, -0.05) is 48.0 Å². The SMILES string of the molecule is [CH2]CNC(=O)CC[C@@H](COC(=O)Nc1cc2ccccc2cn1)N(NCc1cccc(F)c1Cl)C(C)=O. The highest BCUT2D eigenvalue weighted by Crippen LogP contribution is 2.20. The van der Waals surface area contributed by atoms with Crippen molar-refractivity contribution in [2.45, 2.75) is 32.4 Å². The van der Waals surface area contributed by atoms with E-state index in [-0.39, 0.29) is 43.5 Å². The van der Waals surface area contributed by atoms with Crippen LogP contribution in [0, 0.1) is 12.7 Å². The Bertz CT molecular complexity index is 1260. The minimum absolute atomic E-state index is 0.0327. The van der Waals surface area contributed by atoms with Gasteiger partial charge < -0.3 is 10.1 Å². The Kier molecular flexibility index (Phi) is 10.2. The van der Waals surface area contributed by atoms with Gasteiger partial charge in [0.1, 0.15) is 18.2 Å². The van der Waals surface area contributed by atoms with Crippen molar-refractivity contribution in [3.63, 3.8) is 0 Å². The molecule has 9 nitrogen and oxygen atoms in total. The Labute approximate surface area is 219 Å². The Balaban J connectivity index is 1.68. The van der Waals surface area contributed by atoms with Crippen LogP contribution in [0.4, 0.5) is 15.0 Å². The minimum atomic E-state index is -0.772. The lowest BCUT2D eigenvalue weighted by atomic mass is 10.1. The van der Waals surface area contributed by atoms with E-state index in [0.29, 0.717) is 11.4 Å². The zero-order valence-electron chi connectivity index (χ0n) is 20.3. The fraction of sp³-hybridized carbons (Fsp3) is 0.269. The molecule has 0 aliphatic rings. The van der Waals surface area contributed by atoms with Crippen molar-refractivity contribution in [1.82, 2.24) is 20.7 Å². The molecule has 1 aromatic heterocycles. The standard InChI is InChI=1S/C26H28ClFN5O4/c1-3-29-24(35)12-11-21(33(17(2)34)31-15-20-9-6-10-22(28)25(20)27)16-37-26(36)32-23-13-18-7-4-5-8-19(18)14-30-23/h4-10,13-14,21,31H,1,3,11-12,15-16H2,2H3,(H,29,35)(H,30,32,36)/t21-/m0/s1. The van der Waals surface area contributed by atoms with Crippen LogP contribution in [0.3, 0.4) is 0 Å². The third-order valence-electron chi connectivity index (χ3n) is 5.47. The van der Waals surface area contributed by atoms with Gasteiger partial charge in [0.25, 0.3) is 0 Å². The van der Waals surface area contributed by atoms with Crippen molar-refractivity contribution in [3.05, 3.63) is 78.1 Å². The first-order valence-electron chi connectivity index (χ1n) is 11.6. The molecular weight excluding hydrogens is 501 g/mol. The summed E-state index contributed by atoms with van der Waals surface area (Å²) in [5.74, 6) is -0.937. The largest absolute Gasteiger partial charge is 0.447 e. The molecule has 11 heteroatoms. The second-order valence-electron chi connectivity index (χ2n) is 8.12. The molecule has 0 fully saturated rings. The number of hydrogen-bond acceptors (Lipinski definition) is 6. The number of rotatable bonds is 11. The van der Waals surface area contributed by atoms with Crippen molar-refractivity contribution in [1.29, 1.82) is 0 Å². The maximum absolute atomic E-state index is 13.8. The van der Waals surface area contributed by atoms with E-state index in [1.54, 1.807) is 18.3 Å². The van der Waals surface area contributed by atoms with Gasteiger partial charge in [-0.15, -0.1) is 0 Å². The smallest absolute Gasteiger partial charge is 0.412 e. The molecule has 1 radical (unpaired) electrons. The van der Waals surface area contributed by atoms with Crippen LogP contribution in [0.2, 0.25) is 5.02 Å². The van der Waals surface area contributed by atoms with E-state index in [0.717, 1.165) is 10.8 Å². The molecule has 1 heterocycles. The average Bonchev–Trinajstić information content (AvgIpc) is 2.87. The highest BCUT2D eigenvalue weighted by atomic mass is 35.5. The van der Waals surface area contributed by atoms with Gasteiger partial charge in [-0.2, -0.15) is 0 Å². The molecule has 1 atom stereocenters. The number of pyridine rings is 1. The Morgan fingerprint density at radius 3 is 2.65 bits per heavy atom. The summed E-state index contributed by atoms with van der Waals surface area (Å²) in [7, 11) is 0. The maximum atomic E-state index is 13.8. The van der Waals surface area contributed by atoms with Crippen molar-refractivity contribution in [2.24, 2.45) is 0 Å². The predicted octanol–water partition coefficient (Wildman–Crippen LogP) is 4.23. The number of fused-ring (bicyclic) bond motifs is 1. The maximum Gasteiger partial charge on any atom is 0.412 e. The molecule has 3 aromatic rings. The number of halogens is 2. The van der Waals surface area contributed by atoms with E-state index in [1.165, 1.54) is 24.1 Å². The van der Waals surface area contributed by atoms with Crippen LogP contribution < -0.4 is 16.1 Å². The van der Waals surface area contributed by atoms with Crippen molar-refractivity contribution < 1.29 is 23.5 Å². The van der Waals surface area contributed by atoms with Gasteiger partial charge in [-0.25, -0.2) is 19.6 Å². The number of aromatic nitrogens is 1. The number of amides is 3. The first-order chi connectivity index (χ1) is 17.8. The molecule has 3 rings (SSSR count). The molecule has 0 saturated carbocycles. The molecule has 0 unspecified atom stereocenters. The number of anilines is 1. The van der Waals surface area contributed by atoms with Gasteiger partial charge in [0, 0.05) is 38.0 Å². The molecule has 0 bridgehead atoms. The Morgan fingerprint density at radius 1 is 1.16 bits per heavy atom. The van der Waals surface area contributed by atoms with E-state index in [9.17, 15) is 18.8 Å². The minimum Gasteiger partial charge on any atom is -0.447 e. The van der Waals surface area contributed by atoms with Crippen molar-refractivity contribution >= 4 is 46.1 Å². The highest BCUT2D eigenvalue weighted by Gasteiger charge is 2.24. The molecule has 0 aliphatic heterocycles. The van der Waals surface area contributed by atoms with E-state index >= 15 is 0 Å². The quantitative estimate of drug-likeness (QED) is 0.321. The zero-order chi connectivity index (χ0) is 26.8. The normalized spacial score (nSPS) is 11.6. The Morgan fingerprint density at radius 2 is 1.92 bits per heavy atom. The summed E-state index contributed by atoms with van der Waals surface area (Å²) < 4.78 is 19.2. The van der Waals surface area contributed by atoms with Crippen LogP contribution >= 0.6 is 11.6 Å². The molecular formula is C26H28ClFN5O4. The number of hydrazine groups is 1. The van der Waals surface area contributed by atoms with E-state index < -0.39 is 23.9 Å². The fourth-order valence-electron chi connectivity index (χ4n) is 3.63. The van der Waals surface area contributed by atoms with Crippen LogP contribution in [0.5, 0.6) is 0 Å². The average molecular weight is 529 g/mol. The summed E-state index contributed by atoms with van der Waals surface area (Å²) in [6.07, 6.45) is 1.10. The second-order valence-corrected chi connectivity index (χ2v) is 8.50. The summed E-state index contributed by atoms with van der Waals surface area (Å²) in [5.41, 5.74) is 3.35. The Hall–Kier alpha value is -3.76. The number of benzene rings is 2. The van der Waals surface area contributed by atoms with Gasteiger partial charge in [0.2, 0.25) is 11.8 Å². The molecule has 195 valence electrons. The van der Waals surface area contributed by atoms with Crippen LogP contribution in [0.15, 0.2) is 54.7 Å². The summed E-state index contributed by atoms with van der Waals surface area (Å²) in [4.78, 5) is 41.2. The summed E-state index contributed by atoms with van der Waals surface area (Å²) in [5, 5.41) is 8.16. The third-order valence-corrected chi connectivity index (χ3v) is 5.89. The lowest BCUT2D eigenvalue weighted by molar-refractivity contribution is -0.137. The van der Waals surface area contributed by atoms with Crippen LogP contribution in [-0.4, -0.2) is 47.1 Å². The molecule has 0 spiro atoms. The molecule has 3 N–H and O–H groups in total. The number of hydrogen-bond donors (Lipinski definition) is 3. The van der Waals surface area contributed by atoms with E-state index in [1.807, 2.05) is 24.3 Å². The van der Waals surface area contributed by atoms with Gasteiger partial charge in [0.15, 0.2) is 0 Å². The van der Waals surface area contributed by atoms with Crippen LogP contribution in [0.25, 0.3) is 10.8 Å². The van der Waals surface area contributed by atoms with Gasteiger partial charge in [-0.05, 0) is 36.4 Å². The first-order valence-corrected chi connectivity index (χ1v) is 12.0. The van der Waals surface area contributed by atoms with Crippen molar-refractivity contribution in [2.75, 3.05) is 18.5 Å². The lowest BCUT2D eigenvalue weighted by Crippen LogP contribution is -2.51. The number of ether oxygens (including phenoxy) is 1. The topological polar surface area (TPSA) is 113 Å². The number of nitrogens with zero attached hydrogens (tertiary/aromatic N) is 2. The van der Waals surface area contributed by atoms with Crippen molar-refractivity contribution in [3.8, 4) is 0 Å². The molecule has 0 saturated heterocycles. The van der Waals surface area contributed by atoms with E-state index in [4.69, 9.17) is 16.3 Å². The molecule has 3 amide bonds. The predicted molar refractivity (Wildman–Crippen MR) is 139 cm³/mol. The third kappa shape index (κ3) is 8.12. The van der Waals surface area contributed by atoms with Gasteiger partial charge in [-0.3, -0.25) is 19.9 Å². The summed E-state index contributed by atoms with van der Waals surface area (Å²) in [6, 6.07) is 12.9. The molecule has 37 heavy (non-hydrogen) atoms. The molecule has 0 aliphatic carbocycles. The highest BCUT2D eigenvalue weighted by molar-refractivity contribution is 6.31. The van der Waals surface area contributed by atoms with Gasteiger partial charge in [0.05, 0.1) is 11.1 Å². The lowest BCUT2D eigenvalue weighted by Gasteiger charge is -2.31. The fourth-order valence-corrected chi connectivity index (χ4v) is 3.82. The van der Waals surface area contributed by atoms with E-state index in [2.05, 4.69) is 28.0 Å². The summed E-state index contributed by atoms with van der Waals surface area (Å²) >= 11 is 6.03. The number of nitrogens with one attached hydrogen (secondary N) is 3. The zero-order valence-corrected chi connectivity index (χ0v) is 21.1. The van der Waals surface area contributed by atoms with Crippen LogP contribution in [-0.2, 0) is 20.9 Å². The number of carbonyl (C=O) groups excluding carboxylic acids is 3. The van der Waals surface area contributed by atoms with Gasteiger partial charge >= 0.3 is 6.09 Å². The number of carbonyl (C=O) groups is 3. The van der Waals surface area contributed by atoms with Crippen LogP contribution in [0.1, 0.15) is 25.3 Å². The first kappa shape index (κ1) is 27.8. The summed E-state index contributed by atoms with van der Waals surface area (Å²) in [6.45, 7) is 4.93. The second kappa shape index (κ2) is 13.5.